The monoisotopic (exact) mass is 339 g/mol. The number of carbonyl (C=O) groups excluding carboxylic acids is 1. The molecule has 0 aliphatic carbocycles. The number of rotatable bonds is 4. The lowest BCUT2D eigenvalue weighted by atomic mass is 9.99. The third-order valence-corrected chi connectivity index (χ3v) is 5.44. The van der Waals surface area contributed by atoms with Gasteiger partial charge in [0.2, 0.25) is 11.8 Å². The number of piperidine rings is 1. The number of oxazole rings is 1. The van der Waals surface area contributed by atoms with Crippen molar-refractivity contribution < 1.29 is 9.21 Å². The van der Waals surface area contributed by atoms with Crippen LogP contribution in [0.5, 0.6) is 0 Å². The summed E-state index contributed by atoms with van der Waals surface area (Å²) in [6.07, 6.45) is 5.11. The minimum Gasteiger partial charge on any atom is -0.441 e. The van der Waals surface area contributed by atoms with Gasteiger partial charge in [-0.1, -0.05) is 24.6 Å². The fraction of sp³-hybridized carbons (Fsp3) is 0.500. The molecule has 1 aromatic heterocycles. The van der Waals surface area contributed by atoms with Gasteiger partial charge in [0.15, 0.2) is 0 Å². The second-order valence-corrected chi connectivity index (χ2v) is 7.13. The number of nitrogens with one attached hydrogen (secondary N) is 1. The van der Waals surface area contributed by atoms with E-state index in [4.69, 9.17) is 4.42 Å². The molecule has 4 rings (SSSR count). The number of hydrogen-bond acceptors (Lipinski definition) is 4. The Bertz CT molecular complexity index is 741. The van der Waals surface area contributed by atoms with Crippen molar-refractivity contribution in [2.24, 2.45) is 0 Å². The largest absolute Gasteiger partial charge is 0.441 e. The summed E-state index contributed by atoms with van der Waals surface area (Å²) in [5.74, 6) is 1.35. The Hall–Kier alpha value is -2.14. The van der Waals surface area contributed by atoms with E-state index in [1.54, 1.807) is 0 Å². The standard InChI is InChI=1S/C20H25N3O2/c1-14-17(22-20(25-14)15-7-3-2-4-8-15)13-19(24)21-16-10-12-23-11-6-5-9-18(16)23/h2-4,7-8,16,18H,5-6,9-13H2,1H3,(H,21,24)/t16-,18-/m1/s1. The molecule has 0 radical (unpaired) electrons. The van der Waals surface area contributed by atoms with E-state index >= 15 is 0 Å². The lowest BCUT2D eigenvalue weighted by molar-refractivity contribution is -0.121. The van der Waals surface area contributed by atoms with Crippen LogP contribution in [0.3, 0.4) is 0 Å². The molecule has 1 amide bonds. The van der Waals surface area contributed by atoms with Crippen LogP contribution in [-0.4, -0.2) is 41.0 Å². The molecular weight excluding hydrogens is 314 g/mol. The van der Waals surface area contributed by atoms with Gasteiger partial charge in [-0.3, -0.25) is 9.69 Å². The molecule has 5 nitrogen and oxygen atoms in total. The lowest BCUT2D eigenvalue weighted by Crippen LogP contribution is -2.47. The minimum atomic E-state index is 0.0495. The van der Waals surface area contributed by atoms with Gasteiger partial charge in [0.1, 0.15) is 5.76 Å². The van der Waals surface area contributed by atoms with Gasteiger partial charge in [0.25, 0.3) is 0 Å². The molecule has 132 valence electrons. The first-order valence-corrected chi connectivity index (χ1v) is 9.26. The van der Waals surface area contributed by atoms with Gasteiger partial charge in [-0.15, -0.1) is 0 Å². The lowest BCUT2D eigenvalue weighted by Gasteiger charge is -2.32. The van der Waals surface area contributed by atoms with Crippen molar-refractivity contribution in [3.63, 3.8) is 0 Å². The van der Waals surface area contributed by atoms with Gasteiger partial charge in [-0.05, 0) is 44.9 Å². The molecule has 5 heteroatoms. The molecule has 2 saturated heterocycles. The predicted octanol–water partition coefficient (Wildman–Crippen LogP) is 2.94. The fourth-order valence-electron chi connectivity index (χ4n) is 4.12. The van der Waals surface area contributed by atoms with Gasteiger partial charge < -0.3 is 9.73 Å². The van der Waals surface area contributed by atoms with Crippen LogP contribution in [0, 0.1) is 6.92 Å². The number of nitrogens with zero attached hydrogens (tertiary/aromatic N) is 2. The average molecular weight is 339 g/mol. The van der Waals surface area contributed by atoms with Gasteiger partial charge in [0, 0.05) is 24.2 Å². The third kappa shape index (κ3) is 3.47. The molecule has 0 spiro atoms. The second-order valence-electron chi connectivity index (χ2n) is 7.13. The molecule has 1 N–H and O–H groups in total. The summed E-state index contributed by atoms with van der Waals surface area (Å²) in [6.45, 7) is 4.16. The topological polar surface area (TPSA) is 58.4 Å². The van der Waals surface area contributed by atoms with E-state index in [-0.39, 0.29) is 18.4 Å². The summed E-state index contributed by atoms with van der Waals surface area (Å²) in [4.78, 5) is 19.6. The Morgan fingerprint density at radius 3 is 2.92 bits per heavy atom. The molecule has 25 heavy (non-hydrogen) atoms. The highest BCUT2D eigenvalue weighted by Crippen LogP contribution is 2.27. The molecule has 2 aromatic rings. The van der Waals surface area contributed by atoms with Crippen molar-refractivity contribution >= 4 is 5.91 Å². The molecule has 0 unspecified atom stereocenters. The normalized spacial score (nSPS) is 23.4. The number of fused-ring (bicyclic) bond motifs is 1. The van der Waals surface area contributed by atoms with Crippen LogP contribution in [0.15, 0.2) is 34.7 Å². The van der Waals surface area contributed by atoms with E-state index < -0.39 is 0 Å². The van der Waals surface area contributed by atoms with Gasteiger partial charge in [0.05, 0.1) is 12.1 Å². The van der Waals surface area contributed by atoms with E-state index in [1.807, 2.05) is 37.3 Å². The van der Waals surface area contributed by atoms with E-state index in [0.29, 0.717) is 11.9 Å². The van der Waals surface area contributed by atoms with Crippen LogP contribution in [0.2, 0.25) is 0 Å². The molecule has 2 aliphatic heterocycles. The summed E-state index contributed by atoms with van der Waals surface area (Å²) in [5, 5.41) is 3.24. The second kappa shape index (κ2) is 7.00. The molecule has 2 aliphatic rings. The predicted molar refractivity (Wildman–Crippen MR) is 96.1 cm³/mol. The maximum Gasteiger partial charge on any atom is 0.226 e. The van der Waals surface area contributed by atoms with Gasteiger partial charge in [-0.25, -0.2) is 4.98 Å². The minimum absolute atomic E-state index is 0.0495. The zero-order valence-corrected chi connectivity index (χ0v) is 14.7. The van der Waals surface area contributed by atoms with E-state index in [0.717, 1.165) is 30.0 Å². The van der Waals surface area contributed by atoms with Crippen molar-refractivity contribution in [2.75, 3.05) is 13.1 Å². The Morgan fingerprint density at radius 1 is 1.24 bits per heavy atom. The zero-order valence-electron chi connectivity index (χ0n) is 14.7. The van der Waals surface area contributed by atoms with Crippen molar-refractivity contribution in [1.82, 2.24) is 15.2 Å². The van der Waals surface area contributed by atoms with Crippen LogP contribution in [0.4, 0.5) is 0 Å². The van der Waals surface area contributed by atoms with Crippen LogP contribution < -0.4 is 5.32 Å². The number of carbonyl (C=O) groups is 1. The molecule has 3 heterocycles. The highest BCUT2D eigenvalue weighted by atomic mass is 16.4. The fourth-order valence-corrected chi connectivity index (χ4v) is 4.12. The number of benzene rings is 1. The van der Waals surface area contributed by atoms with Crippen molar-refractivity contribution in [3.8, 4) is 11.5 Å². The molecule has 0 saturated carbocycles. The highest BCUT2D eigenvalue weighted by molar-refractivity contribution is 5.79. The molecule has 2 fully saturated rings. The third-order valence-electron chi connectivity index (χ3n) is 5.44. The maximum atomic E-state index is 12.5. The summed E-state index contributed by atoms with van der Waals surface area (Å²) >= 11 is 0. The van der Waals surface area contributed by atoms with Crippen LogP contribution in [-0.2, 0) is 11.2 Å². The maximum absolute atomic E-state index is 12.5. The first kappa shape index (κ1) is 16.3. The zero-order chi connectivity index (χ0) is 17.2. The number of aryl methyl sites for hydroxylation is 1. The highest BCUT2D eigenvalue weighted by Gasteiger charge is 2.36. The van der Waals surface area contributed by atoms with E-state index in [2.05, 4.69) is 15.2 Å². The van der Waals surface area contributed by atoms with Crippen LogP contribution >= 0.6 is 0 Å². The molecular formula is C20H25N3O2. The van der Waals surface area contributed by atoms with E-state index in [1.165, 1.54) is 25.8 Å². The summed E-state index contributed by atoms with van der Waals surface area (Å²) in [6, 6.07) is 10.6. The quantitative estimate of drug-likeness (QED) is 0.930. The molecule has 1 aromatic carbocycles. The Labute approximate surface area is 148 Å². The smallest absolute Gasteiger partial charge is 0.226 e. The first-order chi connectivity index (χ1) is 12.2. The molecule has 0 bridgehead atoms. The Morgan fingerprint density at radius 2 is 2.08 bits per heavy atom. The Kier molecular flexibility index (Phi) is 4.57. The Balaban J connectivity index is 1.40. The van der Waals surface area contributed by atoms with E-state index in [9.17, 15) is 4.79 Å². The average Bonchev–Trinajstić information content (AvgIpc) is 3.20. The molecule has 2 atom stereocenters. The van der Waals surface area contributed by atoms with Crippen molar-refractivity contribution in [1.29, 1.82) is 0 Å². The number of hydrogen-bond donors (Lipinski definition) is 1. The van der Waals surface area contributed by atoms with Gasteiger partial charge in [-0.2, -0.15) is 0 Å². The van der Waals surface area contributed by atoms with Crippen molar-refractivity contribution in [3.05, 3.63) is 41.8 Å². The first-order valence-electron chi connectivity index (χ1n) is 9.26. The van der Waals surface area contributed by atoms with Crippen LogP contribution in [0.25, 0.3) is 11.5 Å². The van der Waals surface area contributed by atoms with Gasteiger partial charge >= 0.3 is 0 Å². The van der Waals surface area contributed by atoms with Crippen LogP contribution in [0.1, 0.15) is 37.1 Å². The number of aromatic nitrogens is 1. The summed E-state index contributed by atoms with van der Waals surface area (Å²) in [7, 11) is 0. The SMILES string of the molecule is Cc1oc(-c2ccccc2)nc1CC(=O)N[C@@H]1CCN2CCCC[C@H]12. The number of amides is 1. The summed E-state index contributed by atoms with van der Waals surface area (Å²) < 4.78 is 5.76. The summed E-state index contributed by atoms with van der Waals surface area (Å²) in [5.41, 5.74) is 1.67. The van der Waals surface area contributed by atoms with Crippen molar-refractivity contribution in [2.45, 2.75) is 51.1 Å².